The standard InChI is InChI=1S/2C7H14O.2C2H6/c2*1-6-3-4-7(5-6)8-2;2*1-2/h2*6-7H,3-5H2,1-2H3;2*1-2H3/t6-,7+;6-,7-;;/m00../s1. The highest BCUT2D eigenvalue weighted by atomic mass is 16.5. The highest BCUT2D eigenvalue weighted by molar-refractivity contribution is 4.72. The Kier molecular flexibility index (Phi) is 17.0. The van der Waals surface area contributed by atoms with E-state index >= 15 is 0 Å². The van der Waals surface area contributed by atoms with Crippen LogP contribution in [-0.4, -0.2) is 26.4 Å². The van der Waals surface area contributed by atoms with Gasteiger partial charge in [-0.15, -0.1) is 0 Å². The fraction of sp³-hybridized carbons (Fsp3) is 1.00. The predicted octanol–water partition coefficient (Wildman–Crippen LogP) is 5.70. The summed E-state index contributed by atoms with van der Waals surface area (Å²) in [5.41, 5.74) is 0. The van der Waals surface area contributed by atoms with Crippen molar-refractivity contribution in [3.05, 3.63) is 0 Å². The van der Waals surface area contributed by atoms with Gasteiger partial charge in [0.2, 0.25) is 0 Å². The van der Waals surface area contributed by atoms with E-state index in [1.807, 2.05) is 41.9 Å². The van der Waals surface area contributed by atoms with Crippen LogP contribution in [0.25, 0.3) is 0 Å². The third-order valence-electron chi connectivity index (χ3n) is 3.96. The molecule has 0 aromatic carbocycles. The topological polar surface area (TPSA) is 18.5 Å². The van der Waals surface area contributed by atoms with Crippen molar-refractivity contribution in [2.24, 2.45) is 11.8 Å². The summed E-state index contributed by atoms with van der Waals surface area (Å²) in [6.07, 6.45) is 8.97. The van der Waals surface area contributed by atoms with Crippen LogP contribution < -0.4 is 0 Å². The van der Waals surface area contributed by atoms with Crippen LogP contribution in [0.2, 0.25) is 0 Å². The van der Waals surface area contributed by atoms with Gasteiger partial charge in [-0.05, 0) is 50.4 Å². The van der Waals surface area contributed by atoms with Gasteiger partial charge in [-0.2, -0.15) is 0 Å². The van der Waals surface area contributed by atoms with Gasteiger partial charge in [0.15, 0.2) is 0 Å². The molecule has 0 N–H and O–H groups in total. The average molecular weight is 289 g/mol. The summed E-state index contributed by atoms with van der Waals surface area (Å²) >= 11 is 0. The molecule has 4 atom stereocenters. The molecule has 0 unspecified atom stereocenters. The monoisotopic (exact) mass is 288 g/mol. The molecular weight excluding hydrogens is 248 g/mol. The van der Waals surface area contributed by atoms with Crippen molar-refractivity contribution < 1.29 is 9.47 Å². The Morgan fingerprint density at radius 3 is 1.00 bits per heavy atom. The van der Waals surface area contributed by atoms with Gasteiger partial charge in [0.05, 0.1) is 12.2 Å². The van der Waals surface area contributed by atoms with Crippen molar-refractivity contribution in [2.75, 3.05) is 14.2 Å². The summed E-state index contributed by atoms with van der Waals surface area (Å²) in [7, 11) is 3.62. The van der Waals surface area contributed by atoms with Crippen molar-refractivity contribution in [1.82, 2.24) is 0 Å². The Morgan fingerprint density at radius 1 is 0.600 bits per heavy atom. The molecule has 2 fully saturated rings. The maximum absolute atomic E-state index is 5.18. The van der Waals surface area contributed by atoms with Gasteiger partial charge in [-0.25, -0.2) is 0 Å². The van der Waals surface area contributed by atoms with Crippen molar-refractivity contribution >= 4 is 0 Å². The first-order valence-electron chi connectivity index (χ1n) is 8.71. The molecule has 0 bridgehead atoms. The predicted molar refractivity (Wildman–Crippen MR) is 90.3 cm³/mol. The van der Waals surface area contributed by atoms with Crippen LogP contribution in [-0.2, 0) is 9.47 Å². The van der Waals surface area contributed by atoms with Crippen LogP contribution in [0.3, 0.4) is 0 Å². The van der Waals surface area contributed by atoms with E-state index in [9.17, 15) is 0 Å². The van der Waals surface area contributed by atoms with E-state index in [1.54, 1.807) is 0 Å². The minimum atomic E-state index is 0.574. The largest absolute Gasteiger partial charge is 0.381 e. The van der Waals surface area contributed by atoms with E-state index in [2.05, 4.69) is 13.8 Å². The first-order valence-corrected chi connectivity index (χ1v) is 8.71. The van der Waals surface area contributed by atoms with Crippen LogP contribution in [0, 0.1) is 11.8 Å². The molecule has 20 heavy (non-hydrogen) atoms. The number of methoxy groups -OCH3 is 2. The van der Waals surface area contributed by atoms with E-state index in [4.69, 9.17) is 9.47 Å². The van der Waals surface area contributed by atoms with E-state index in [0.717, 1.165) is 11.8 Å². The smallest absolute Gasteiger partial charge is 0.0574 e. The minimum absolute atomic E-state index is 0.574. The summed E-state index contributed by atoms with van der Waals surface area (Å²) in [6.45, 7) is 12.6. The normalized spacial score (nSPS) is 31.2. The van der Waals surface area contributed by atoms with Crippen molar-refractivity contribution in [3.8, 4) is 0 Å². The van der Waals surface area contributed by atoms with Crippen molar-refractivity contribution in [3.63, 3.8) is 0 Å². The van der Waals surface area contributed by atoms with E-state index in [1.165, 1.54) is 38.5 Å². The summed E-state index contributed by atoms with van der Waals surface area (Å²) in [5, 5.41) is 0. The fourth-order valence-corrected chi connectivity index (χ4v) is 2.74. The SMILES string of the molecule is CC.CC.CO[C@@H]1CC[C@H](C)C1.CO[C@H]1CC[C@H](C)C1. The second kappa shape index (κ2) is 15.3. The zero-order valence-electron chi connectivity index (χ0n) is 15.4. The Labute approximate surface area is 128 Å². The molecule has 124 valence electrons. The lowest BCUT2D eigenvalue weighted by Gasteiger charge is -2.04. The molecule has 2 nitrogen and oxygen atoms in total. The molecule has 0 aliphatic heterocycles. The lowest BCUT2D eigenvalue weighted by molar-refractivity contribution is 0.106. The number of hydrogen-bond acceptors (Lipinski definition) is 2. The Morgan fingerprint density at radius 2 is 0.900 bits per heavy atom. The zero-order chi connectivity index (χ0) is 16.0. The van der Waals surface area contributed by atoms with Gasteiger partial charge in [-0.3, -0.25) is 0 Å². The van der Waals surface area contributed by atoms with E-state index < -0.39 is 0 Å². The maximum atomic E-state index is 5.18. The lowest BCUT2D eigenvalue weighted by atomic mass is 10.1. The van der Waals surface area contributed by atoms with Crippen LogP contribution >= 0.6 is 0 Å². The third-order valence-corrected chi connectivity index (χ3v) is 3.96. The van der Waals surface area contributed by atoms with Gasteiger partial charge in [0, 0.05) is 14.2 Å². The second-order valence-corrected chi connectivity index (χ2v) is 5.55. The van der Waals surface area contributed by atoms with E-state index in [-0.39, 0.29) is 0 Å². The van der Waals surface area contributed by atoms with Gasteiger partial charge >= 0.3 is 0 Å². The van der Waals surface area contributed by atoms with E-state index in [0.29, 0.717) is 12.2 Å². The molecule has 2 heteroatoms. The van der Waals surface area contributed by atoms with Gasteiger partial charge in [0.1, 0.15) is 0 Å². The van der Waals surface area contributed by atoms with Crippen LogP contribution in [0.1, 0.15) is 80.1 Å². The number of hydrogen-bond donors (Lipinski definition) is 0. The summed E-state index contributed by atoms with van der Waals surface area (Å²) < 4.78 is 10.4. The number of rotatable bonds is 2. The highest BCUT2D eigenvalue weighted by Gasteiger charge is 2.20. The quantitative estimate of drug-likeness (QED) is 0.649. The van der Waals surface area contributed by atoms with Gasteiger partial charge < -0.3 is 9.47 Å². The minimum Gasteiger partial charge on any atom is -0.381 e. The van der Waals surface area contributed by atoms with Crippen LogP contribution in [0.4, 0.5) is 0 Å². The Hall–Kier alpha value is -0.0800. The molecule has 2 saturated carbocycles. The zero-order valence-corrected chi connectivity index (χ0v) is 15.4. The van der Waals surface area contributed by atoms with Crippen molar-refractivity contribution in [1.29, 1.82) is 0 Å². The van der Waals surface area contributed by atoms with Crippen LogP contribution in [0.15, 0.2) is 0 Å². The fourth-order valence-electron chi connectivity index (χ4n) is 2.74. The second-order valence-electron chi connectivity index (χ2n) is 5.55. The number of ether oxygens (including phenoxy) is 2. The highest BCUT2D eigenvalue weighted by Crippen LogP contribution is 2.26. The molecule has 2 aliphatic rings. The molecule has 0 aromatic rings. The molecule has 0 amide bonds. The summed E-state index contributed by atoms with van der Waals surface area (Å²) in [6, 6.07) is 0. The average Bonchev–Trinajstić information content (AvgIpc) is 3.12. The molecule has 0 spiro atoms. The van der Waals surface area contributed by atoms with Gasteiger partial charge in [0.25, 0.3) is 0 Å². The first kappa shape index (κ1) is 22.2. The molecule has 0 aromatic heterocycles. The molecular formula is C18H40O2. The van der Waals surface area contributed by atoms with Crippen LogP contribution in [0.5, 0.6) is 0 Å². The Balaban J connectivity index is 0. The lowest BCUT2D eigenvalue weighted by Crippen LogP contribution is -2.03. The Bertz CT molecular complexity index is 162. The molecule has 0 saturated heterocycles. The molecule has 0 heterocycles. The third kappa shape index (κ3) is 10.7. The molecule has 0 radical (unpaired) electrons. The first-order chi connectivity index (χ1) is 9.65. The molecule has 2 aliphatic carbocycles. The summed E-state index contributed by atoms with van der Waals surface area (Å²) in [5.74, 6) is 1.81. The van der Waals surface area contributed by atoms with Gasteiger partial charge in [-0.1, -0.05) is 41.5 Å². The summed E-state index contributed by atoms with van der Waals surface area (Å²) in [4.78, 5) is 0. The molecule has 2 rings (SSSR count). The van der Waals surface area contributed by atoms with Crippen molar-refractivity contribution in [2.45, 2.75) is 92.3 Å². The maximum Gasteiger partial charge on any atom is 0.0574 e.